The molecule has 0 spiro atoms. The molecule has 248 valence electrons. The van der Waals surface area contributed by atoms with E-state index < -0.39 is 0 Å². The summed E-state index contributed by atoms with van der Waals surface area (Å²) in [5, 5.41) is 4.40. The molecule has 5 heteroatoms. The third-order valence-corrected chi connectivity index (χ3v) is 9.82. The number of hydrogen-bond donors (Lipinski definition) is 0. The molecule has 0 atom stereocenters. The summed E-state index contributed by atoms with van der Waals surface area (Å²) >= 11 is 0. The highest BCUT2D eigenvalue weighted by Crippen LogP contribution is 2.43. The van der Waals surface area contributed by atoms with Crippen LogP contribution in [0.5, 0.6) is 0 Å². The fraction of sp³-hybridized carbons (Fsp3) is 0. The monoisotopic (exact) mass is 678 g/mol. The molecule has 0 aliphatic rings. The smallest absolute Gasteiger partial charge is 0.164 e. The largest absolute Gasteiger partial charge is 0.455 e. The molecular weight excluding hydrogens is 649 g/mol. The van der Waals surface area contributed by atoms with E-state index in [1.165, 1.54) is 0 Å². The van der Waals surface area contributed by atoms with E-state index in [4.69, 9.17) is 19.4 Å². The maximum Gasteiger partial charge on any atom is 0.164 e. The third-order valence-electron chi connectivity index (χ3n) is 9.82. The van der Waals surface area contributed by atoms with Crippen molar-refractivity contribution in [2.75, 3.05) is 0 Å². The molecule has 0 fully saturated rings. The van der Waals surface area contributed by atoms with Crippen LogP contribution < -0.4 is 0 Å². The Morgan fingerprint density at radius 1 is 0.358 bits per heavy atom. The van der Waals surface area contributed by atoms with Crippen molar-refractivity contribution in [1.82, 2.24) is 19.9 Å². The van der Waals surface area contributed by atoms with E-state index in [1.54, 1.807) is 0 Å². The zero-order chi connectivity index (χ0) is 35.1. The summed E-state index contributed by atoms with van der Waals surface area (Å²) in [5.41, 5.74) is 11.1. The first-order valence-corrected chi connectivity index (χ1v) is 17.6. The second kappa shape index (κ2) is 12.8. The van der Waals surface area contributed by atoms with Crippen LogP contribution in [0.1, 0.15) is 0 Å². The molecule has 0 unspecified atom stereocenters. The molecule has 10 aromatic rings. The SMILES string of the molecule is c1ccc(-c2nc(-c3ccccc3)nc(-c3ccc(-c4ccc(-c5cc6c(oc7cccc(-c8ccccn8)c76)c6ccccc56)cc4)cc3)n2)cc1. The first-order chi connectivity index (χ1) is 26.3. The maximum absolute atomic E-state index is 6.56. The summed E-state index contributed by atoms with van der Waals surface area (Å²) in [6.45, 7) is 0. The lowest BCUT2D eigenvalue weighted by Crippen LogP contribution is -2.00. The Kier molecular flexibility index (Phi) is 7.40. The van der Waals surface area contributed by atoms with Crippen LogP contribution in [-0.4, -0.2) is 19.9 Å². The lowest BCUT2D eigenvalue weighted by Gasteiger charge is -2.11. The Hall–Kier alpha value is -7.24. The molecular formula is C48H30N4O. The van der Waals surface area contributed by atoms with Crippen LogP contribution >= 0.6 is 0 Å². The Bertz CT molecular complexity index is 2850. The van der Waals surface area contributed by atoms with Gasteiger partial charge in [-0.05, 0) is 51.9 Å². The number of fused-ring (bicyclic) bond motifs is 5. The molecule has 7 aromatic carbocycles. The minimum Gasteiger partial charge on any atom is -0.455 e. The predicted octanol–water partition coefficient (Wildman–Crippen LogP) is 12.3. The fourth-order valence-electron chi connectivity index (χ4n) is 7.21. The van der Waals surface area contributed by atoms with Gasteiger partial charge in [0.05, 0.1) is 5.69 Å². The Labute approximate surface area is 305 Å². The van der Waals surface area contributed by atoms with E-state index in [2.05, 4.69) is 96.0 Å². The van der Waals surface area contributed by atoms with Crippen LogP contribution in [0.15, 0.2) is 187 Å². The van der Waals surface area contributed by atoms with E-state index in [9.17, 15) is 0 Å². The Morgan fingerprint density at radius 3 is 1.49 bits per heavy atom. The molecule has 5 nitrogen and oxygen atoms in total. The van der Waals surface area contributed by atoms with Crippen LogP contribution in [0.2, 0.25) is 0 Å². The second-order valence-corrected chi connectivity index (χ2v) is 13.0. The fourth-order valence-corrected chi connectivity index (χ4v) is 7.21. The van der Waals surface area contributed by atoms with Crippen LogP contribution in [-0.2, 0) is 0 Å². The van der Waals surface area contributed by atoms with Crippen molar-refractivity contribution in [1.29, 1.82) is 0 Å². The predicted molar refractivity (Wildman–Crippen MR) is 215 cm³/mol. The average Bonchev–Trinajstić information content (AvgIpc) is 3.63. The Morgan fingerprint density at radius 2 is 0.887 bits per heavy atom. The molecule has 0 saturated carbocycles. The first kappa shape index (κ1) is 30.6. The molecule has 53 heavy (non-hydrogen) atoms. The summed E-state index contributed by atoms with van der Waals surface area (Å²) in [7, 11) is 0. The molecule has 10 rings (SSSR count). The zero-order valence-electron chi connectivity index (χ0n) is 28.5. The van der Waals surface area contributed by atoms with Gasteiger partial charge < -0.3 is 4.42 Å². The van der Waals surface area contributed by atoms with Gasteiger partial charge in [-0.15, -0.1) is 0 Å². The van der Waals surface area contributed by atoms with Gasteiger partial charge in [0.1, 0.15) is 11.2 Å². The number of aromatic nitrogens is 4. The first-order valence-electron chi connectivity index (χ1n) is 17.6. The highest BCUT2D eigenvalue weighted by atomic mass is 16.3. The number of nitrogens with zero attached hydrogens (tertiary/aromatic N) is 4. The molecule has 3 aromatic heterocycles. The maximum atomic E-state index is 6.56. The van der Waals surface area contributed by atoms with Gasteiger partial charge in [-0.2, -0.15) is 0 Å². The van der Waals surface area contributed by atoms with E-state index in [0.29, 0.717) is 17.5 Å². The summed E-state index contributed by atoms with van der Waals surface area (Å²) in [4.78, 5) is 19.3. The normalized spacial score (nSPS) is 11.4. The van der Waals surface area contributed by atoms with Gasteiger partial charge in [0.15, 0.2) is 17.5 Å². The van der Waals surface area contributed by atoms with E-state index >= 15 is 0 Å². The summed E-state index contributed by atoms with van der Waals surface area (Å²) < 4.78 is 6.56. The topological polar surface area (TPSA) is 64.7 Å². The van der Waals surface area contributed by atoms with Crippen LogP contribution in [0.3, 0.4) is 0 Å². The number of pyridine rings is 1. The van der Waals surface area contributed by atoms with Crippen molar-refractivity contribution in [3.63, 3.8) is 0 Å². The van der Waals surface area contributed by atoms with E-state index in [-0.39, 0.29) is 0 Å². The molecule has 3 heterocycles. The van der Waals surface area contributed by atoms with Gasteiger partial charge in [-0.3, -0.25) is 4.98 Å². The molecule has 0 N–H and O–H groups in total. The van der Waals surface area contributed by atoms with Gasteiger partial charge in [-0.1, -0.05) is 152 Å². The molecule has 0 saturated heterocycles. The summed E-state index contributed by atoms with van der Waals surface area (Å²) in [6.07, 6.45) is 1.84. The minimum atomic E-state index is 0.639. The van der Waals surface area contributed by atoms with Gasteiger partial charge in [0.2, 0.25) is 0 Å². The van der Waals surface area contributed by atoms with Crippen molar-refractivity contribution >= 4 is 32.7 Å². The zero-order valence-corrected chi connectivity index (χ0v) is 28.5. The van der Waals surface area contributed by atoms with Gasteiger partial charge in [0, 0.05) is 44.6 Å². The van der Waals surface area contributed by atoms with Gasteiger partial charge >= 0.3 is 0 Å². The second-order valence-electron chi connectivity index (χ2n) is 13.0. The van der Waals surface area contributed by atoms with Crippen LogP contribution in [0, 0.1) is 0 Å². The molecule has 0 radical (unpaired) electrons. The molecule has 0 aliphatic carbocycles. The third kappa shape index (κ3) is 5.52. The molecule has 0 aliphatic heterocycles. The highest BCUT2D eigenvalue weighted by molar-refractivity contribution is 6.22. The minimum absolute atomic E-state index is 0.639. The van der Waals surface area contributed by atoms with Crippen LogP contribution in [0.25, 0.3) is 100 Å². The van der Waals surface area contributed by atoms with Crippen LogP contribution in [0.4, 0.5) is 0 Å². The van der Waals surface area contributed by atoms with Crippen molar-refractivity contribution in [2.45, 2.75) is 0 Å². The molecule has 0 amide bonds. The van der Waals surface area contributed by atoms with Gasteiger partial charge in [-0.25, -0.2) is 15.0 Å². The lowest BCUT2D eigenvalue weighted by atomic mass is 9.93. The number of benzene rings is 7. The lowest BCUT2D eigenvalue weighted by molar-refractivity contribution is 0.673. The van der Waals surface area contributed by atoms with Crippen molar-refractivity contribution < 1.29 is 4.42 Å². The van der Waals surface area contributed by atoms with Gasteiger partial charge in [0.25, 0.3) is 0 Å². The standard InChI is InChI=1S/C48H30N4O/c1-3-12-34(13-4-1)46-50-47(35-14-5-2-6-15-35)52-48(51-46)36-27-23-32(24-28-36)31-21-25-33(26-22-31)40-30-41-44-39(42-19-9-10-29-49-42)18-11-20-43(44)53-45(41)38-17-8-7-16-37(38)40/h1-30H. The van der Waals surface area contributed by atoms with Crippen molar-refractivity contribution in [3.8, 4) is 67.7 Å². The average molecular weight is 679 g/mol. The van der Waals surface area contributed by atoms with E-state index in [1.807, 2.05) is 91.1 Å². The Balaban J connectivity index is 1.02. The highest BCUT2D eigenvalue weighted by Gasteiger charge is 2.18. The molecule has 0 bridgehead atoms. The van der Waals surface area contributed by atoms with Crippen molar-refractivity contribution in [3.05, 3.63) is 182 Å². The van der Waals surface area contributed by atoms with Crippen molar-refractivity contribution in [2.24, 2.45) is 0 Å². The van der Waals surface area contributed by atoms with E-state index in [0.717, 1.165) is 82.9 Å². The number of furan rings is 1. The summed E-state index contributed by atoms with van der Waals surface area (Å²) in [6, 6.07) is 60.4. The quantitative estimate of drug-likeness (QED) is 0.175. The number of rotatable bonds is 6. The number of hydrogen-bond acceptors (Lipinski definition) is 5. The summed E-state index contributed by atoms with van der Waals surface area (Å²) in [5.74, 6) is 1.94.